The van der Waals surface area contributed by atoms with Crippen molar-refractivity contribution in [3.05, 3.63) is 65.1 Å². The lowest BCUT2D eigenvalue weighted by Crippen LogP contribution is -2.05. The van der Waals surface area contributed by atoms with E-state index in [-0.39, 0.29) is 35.4 Å². The summed E-state index contributed by atoms with van der Waals surface area (Å²) in [6, 6.07) is 8.06. The fourth-order valence-corrected chi connectivity index (χ4v) is 3.45. The van der Waals surface area contributed by atoms with Crippen molar-refractivity contribution in [3.8, 4) is 28.5 Å². The van der Waals surface area contributed by atoms with Crippen LogP contribution in [0.3, 0.4) is 0 Å². The average Bonchev–Trinajstić information content (AvgIpc) is 3.65. The number of aromatic hydroxyl groups is 1. The van der Waals surface area contributed by atoms with Crippen LogP contribution < -0.4 is 9.47 Å². The number of aromatic carboxylic acids is 1. The van der Waals surface area contributed by atoms with Crippen molar-refractivity contribution in [1.82, 2.24) is 9.97 Å². The Balaban J connectivity index is 1.50. The van der Waals surface area contributed by atoms with Crippen LogP contribution >= 0.6 is 0 Å². The van der Waals surface area contributed by atoms with E-state index in [0.717, 1.165) is 12.8 Å². The molecule has 8 nitrogen and oxygen atoms in total. The third-order valence-electron chi connectivity index (χ3n) is 5.40. The Morgan fingerprint density at radius 2 is 1.88 bits per heavy atom. The van der Waals surface area contributed by atoms with Gasteiger partial charge >= 0.3 is 5.97 Å². The van der Waals surface area contributed by atoms with Gasteiger partial charge in [0.1, 0.15) is 29.4 Å². The first-order chi connectivity index (χ1) is 15.4. The van der Waals surface area contributed by atoms with Crippen LogP contribution in [0.2, 0.25) is 0 Å². The Morgan fingerprint density at radius 3 is 2.50 bits per heavy atom. The van der Waals surface area contributed by atoms with Crippen LogP contribution in [0.1, 0.15) is 44.8 Å². The summed E-state index contributed by atoms with van der Waals surface area (Å²) in [5.74, 6) is -0.477. The number of para-hydroxylation sites is 1. The highest BCUT2D eigenvalue weighted by Crippen LogP contribution is 2.38. The average molecular weight is 434 g/mol. The van der Waals surface area contributed by atoms with Crippen molar-refractivity contribution in [2.75, 3.05) is 7.11 Å². The molecule has 1 fully saturated rings. The van der Waals surface area contributed by atoms with Gasteiger partial charge in [-0.1, -0.05) is 6.07 Å². The Hall–Kier alpha value is -3.94. The lowest BCUT2D eigenvalue weighted by Gasteiger charge is -2.13. The topological polar surface area (TPSA) is 119 Å². The molecule has 1 aromatic heterocycles. The van der Waals surface area contributed by atoms with Crippen LogP contribution in [0, 0.1) is 12.8 Å². The van der Waals surface area contributed by atoms with E-state index in [2.05, 4.69) is 9.97 Å². The molecule has 0 saturated heterocycles. The maximum Gasteiger partial charge on any atom is 0.339 e. The van der Waals surface area contributed by atoms with E-state index < -0.39 is 5.97 Å². The van der Waals surface area contributed by atoms with Crippen molar-refractivity contribution in [1.29, 1.82) is 0 Å². The highest BCUT2D eigenvalue weighted by molar-refractivity contribution is 6.02. The predicted octanol–water partition coefficient (Wildman–Crippen LogP) is 4.04. The number of aromatic nitrogens is 2. The van der Waals surface area contributed by atoms with Crippen LogP contribution in [0.25, 0.3) is 11.3 Å². The second kappa shape index (κ2) is 8.66. The zero-order chi connectivity index (χ0) is 22.8. The van der Waals surface area contributed by atoms with E-state index in [9.17, 15) is 19.8 Å². The SMILES string of the molecule is COc1c(C(=O)O)cccc1-c1cnc(COc2ccc(C(=O)C3CC3)c(O)c2C)cn1. The number of carboxylic acids is 1. The fraction of sp³-hybridized carbons (Fsp3) is 0.250. The maximum absolute atomic E-state index is 12.3. The zero-order valence-corrected chi connectivity index (χ0v) is 17.7. The molecule has 3 aromatic rings. The number of phenols is 1. The van der Waals surface area contributed by atoms with Crippen LogP contribution in [0.15, 0.2) is 42.7 Å². The summed E-state index contributed by atoms with van der Waals surface area (Å²) >= 11 is 0. The largest absolute Gasteiger partial charge is 0.507 e. The van der Waals surface area contributed by atoms with Gasteiger partial charge in [0.25, 0.3) is 0 Å². The third-order valence-corrected chi connectivity index (χ3v) is 5.40. The van der Waals surface area contributed by atoms with E-state index in [0.29, 0.717) is 33.8 Å². The molecule has 2 N–H and O–H groups in total. The van der Waals surface area contributed by atoms with Crippen molar-refractivity contribution in [2.45, 2.75) is 26.4 Å². The summed E-state index contributed by atoms with van der Waals surface area (Å²) in [5, 5.41) is 19.8. The van der Waals surface area contributed by atoms with E-state index in [4.69, 9.17) is 9.47 Å². The molecule has 0 atom stereocenters. The summed E-state index contributed by atoms with van der Waals surface area (Å²) in [6.07, 6.45) is 4.79. The number of methoxy groups -OCH3 is 1. The number of carbonyl (C=O) groups excluding carboxylic acids is 1. The van der Waals surface area contributed by atoms with E-state index in [1.165, 1.54) is 25.6 Å². The van der Waals surface area contributed by atoms with Gasteiger partial charge < -0.3 is 19.7 Å². The third kappa shape index (κ3) is 4.12. The molecule has 1 saturated carbocycles. The molecule has 0 radical (unpaired) electrons. The molecule has 1 heterocycles. The monoisotopic (exact) mass is 434 g/mol. The number of hydrogen-bond donors (Lipinski definition) is 2. The van der Waals surface area contributed by atoms with Gasteiger partial charge in [-0.05, 0) is 44.0 Å². The molecule has 164 valence electrons. The number of nitrogens with zero attached hydrogens (tertiary/aromatic N) is 2. The minimum absolute atomic E-state index is 0.0238. The van der Waals surface area contributed by atoms with E-state index >= 15 is 0 Å². The minimum atomic E-state index is -1.09. The number of hydrogen-bond acceptors (Lipinski definition) is 7. The van der Waals surface area contributed by atoms with Crippen LogP contribution in [0.4, 0.5) is 0 Å². The lowest BCUT2D eigenvalue weighted by atomic mass is 10.0. The Labute approximate surface area is 184 Å². The van der Waals surface area contributed by atoms with Gasteiger partial charge in [0.2, 0.25) is 0 Å². The standard InChI is InChI=1S/C24H22N2O6/c1-13-20(9-8-17(21(13)27)22(28)14-6-7-14)32-12-15-10-26-19(11-25-15)16-4-3-5-18(24(29)30)23(16)31-2/h3-5,8-11,14,27H,6-7,12H2,1-2H3,(H,29,30). The summed E-state index contributed by atoms with van der Waals surface area (Å²) in [6.45, 7) is 1.81. The van der Waals surface area contributed by atoms with Gasteiger partial charge in [0.15, 0.2) is 5.78 Å². The molecule has 4 rings (SSSR count). The molecular formula is C24H22N2O6. The van der Waals surface area contributed by atoms with Gasteiger partial charge in [-0.15, -0.1) is 0 Å². The smallest absolute Gasteiger partial charge is 0.339 e. The highest BCUT2D eigenvalue weighted by atomic mass is 16.5. The Bertz CT molecular complexity index is 1190. The molecule has 0 spiro atoms. The number of ketones is 1. The van der Waals surface area contributed by atoms with Crippen molar-refractivity contribution < 1.29 is 29.3 Å². The number of rotatable bonds is 8. The second-order valence-corrected chi connectivity index (χ2v) is 7.60. The highest BCUT2D eigenvalue weighted by Gasteiger charge is 2.32. The van der Waals surface area contributed by atoms with Crippen molar-refractivity contribution in [2.24, 2.45) is 5.92 Å². The van der Waals surface area contributed by atoms with Gasteiger partial charge in [-0.25, -0.2) is 4.79 Å². The van der Waals surface area contributed by atoms with Gasteiger partial charge in [0.05, 0.1) is 36.5 Å². The molecule has 0 bridgehead atoms. The first-order valence-corrected chi connectivity index (χ1v) is 10.1. The van der Waals surface area contributed by atoms with Crippen LogP contribution in [-0.2, 0) is 6.61 Å². The summed E-state index contributed by atoms with van der Waals surface area (Å²) < 4.78 is 11.1. The van der Waals surface area contributed by atoms with E-state index in [1.807, 2.05) is 0 Å². The minimum Gasteiger partial charge on any atom is -0.507 e. The van der Waals surface area contributed by atoms with Gasteiger partial charge in [-0.2, -0.15) is 0 Å². The number of benzene rings is 2. The van der Waals surface area contributed by atoms with Crippen molar-refractivity contribution in [3.63, 3.8) is 0 Å². The fourth-order valence-electron chi connectivity index (χ4n) is 3.45. The van der Waals surface area contributed by atoms with E-state index in [1.54, 1.807) is 31.2 Å². The molecular weight excluding hydrogens is 412 g/mol. The molecule has 0 aliphatic heterocycles. The maximum atomic E-state index is 12.3. The second-order valence-electron chi connectivity index (χ2n) is 7.60. The van der Waals surface area contributed by atoms with Crippen molar-refractivity contribution >= 4 is 11.8 Å². The quantitative estimate of drug-likeness (QED) is 0.510. The van der Waals surface area contributed by atoms with Crippen LogP contribution in [-0.4, -0.2) is 39.0 Å². The molecule has 32 heavy (non-hydrogen) atoms. The number of carbonyl (C=O) groups is 2. The number of carboxylic acid groups (broad SMARTS) is 1. The van der Waals surface area contributed by atoms with Crippen LogP contribution in [0.5, 0.6) is 17.2 Å². The Morgan fingerprint density at radius 1 is 1.09 bits per heavy atom. The summed E-state index contributed by atoms with van der Waals surface area (Å²) in [7, 11) is 1.40. The Kier molecular flexibility index (Phi) is 5.77. The molecule has 0 unspecified atom stereocenters. The predicted molar refractivity (Wildman–Crippen MR) is 115 cm³/mol. The number of phenolic OH excluding ortho intramolecular Hbond substituents is 1. The zero-order valence-electron chi connectivity index (χ0n) is 17.7. The van der Waals surface area contributed by atoms with Gasteiger partial charge in [0, 0.05) is 17.0 Å². The first-order valence-electron chi connectivity index (χ1n) is 10.1. The number of Topliss-reactive ketones (excluding diaryl/α,β-unsaturated/α-hetero) is 1. The molecule has 1 aliphatic rings. The first kappa shape index (κ1) is 21.3. The summed E-state index contributed by atoms with van der Waals surface area (Å²) in [5.41, 5.74) is 2.39. The molecule has 0 amide bonds. The normalized spacial score (nSPS) is 12.9. The number of ether oxygens (including phenoxy) is 2. The molecule has 2 aromatic carbocycles. The summed E-state index contributed by atoms with van der Waals surface area (Å²) in [4.78, 5) is 32.4. The lowest BCUT2D eigenvalue weighted by molar-refractivity contribution is 0.0693. The molecule has 8 heteroatoms. The molecule has 1 aliphatic carbocycles. The van der Waals surface area contributed by atoms with Gasteiger partial charge in [-0.3, -0.25) is 14.8 Å².